The maximum Gasteiger partial charge on any atom is 0.407 e. The van der Waals surface area contributed by atoms with Gasteiger partial charge in [-0.2, -0.15) is 0 Å². The zero-order valence-corrected chi connectivity index (χ0v) is 18.7. The number of nitrogens with one attached hydrogen (secondary N) is 2. The summed E-state index contributed by atoms with van der Waals surface area (Å²) < 4.78 is 10.7. The second-order valence-electron chi connectivity index (χ2n) is 7.44. The summed E-state index contributed by atoms with van der Waals surface area (Å²) in [6, 6.07) is 0.572. The van der Waals surface area contributed by atoms with Crippen LogP contribution in [-0.2, 0) is 9.47 Å². The molecule has 0 aliphatic carbocycles. The molecule has 26 heavy (non-hydrogen) atoms. The standard InChI is InChI=1S/C17H33N5O3.HI/c1-17(2,3)25-16(23)20-7-6-19-15(18-4)22-8-5-14(13-22)21-9-11-24-12-10-21;/h14H,5-13H2,1-4H3,(H,18,19)(H,20,23);1H. The van der Waals surface area contributed by atoms with Crippen molar-refractivity contribution in [3.05, 3.63) is 0 Å². The summed E-state index contributed by atoms with van der Waals surface area (Å²) in [5.74, 6) is 0.891. The number of aliphatic imine (C=N–C) groups is 1. The monoisotopic (exact) mass is 483 g/mol. The largest absolute Gasteiger partial charge is 0.444 e. The molecule has 152 valence electrons. The number of halogens is 1. The zero-order chi connectivity index (χ0) is 18.3. The van der Waals surface area contributed by atoms with Crippen LogP contribution in [0.4, 0.5) is 4.79 Å². The molecular weight excluding hydrogens is 449 g/mol. The third-order valence-electron chi connectivity index (χ3n) is 4.31. The van der Waals surface area contributed by atoms with Crippen LogP contribution in [0.2, 0.25) is 0 Å². The van der Waals surface area contributed by atoms with E-state index in [0.717, 1.165) is 51.8 Å². The number of morpholine rings is 1. The van der Waals surface area contributed by atoms with Gasteiger partial charge in [0.2, 0.25) is 0 Å². The third kappa shape index (κ3) is 7.83. The van der Waals surface area contributed by atoms with Gasteiger partial charge in [0.1, 0.15) is 5.60 Å². The molecule has 2 rings (SSSR count). The van der Waals surface area contributed by atoms with E-state index < -0.39 is 11.7 Å². The van der Waals surface area contributed by atoms with Gasteiger partial charge in [0.05, 0.1) is 13.2 Å². The van der Waals surface area contributed by atoms with Gasteiger partial charge in [0, 0.05) is 52.4 Å². The molecule has 0 aromatic heterocycles. The average Bonchev–Trinajstić information content (AvgIpc) is 3.04. The molecule has 2 aliphatic rings. The van der Waals surface area contributed by atoms with Gasteiger partial charge in [0.25, 0.3) is 0 Å². The predicted octanol–water partition coefficient (Wildman–Crippen LogP) is 1.11. The van der Waals surface area contributed by atoms with Crippen molar-refractivity contribution >= 4 is 36.0 Å². The normalized spacial score (nSPS) is 21.9. The first-order valence-corrected chi connectivity index (χ1v) is 9.13. The Balaban J connectivity index is 0.00000338. The van der Waals surface area contributed by atoms with Gasteiger partial charge in [-0.05, 0) is 27.2 Å². The molecule has 2 fully saturated rings. The molecule has 9 heteroatoms. The number of hydrogen-bond donors (Lipinski definition) is 2. The molecular formula is C17H34IN5O3. The van der Waals surface area contributed by atoms with Crippen molar-refractivity contribution in [3.63, 3.8) is 0 Å². The zero-order valence-electron chi connectivity index (χ0n) is 16.4. The van der Waals surface area contributed by atoms with Crippen LogP contribution in [0, 0.1) is 0 Å². The minimum atomic E-state index is -0.475. The van der Waals surface area contributed by atoms with Crippen LogP contribution in [0.15, 0.2) is 4.99 Å². The second-order valence-corrected chi connectivity index (χ2v) is 7.44. The Morgan fingerprint density at radius 2 is 1.85 bits per heavy atom. The lowest BCUT2D eigenvalue weighted by atomic mass is 10.2. The number of likely N-dealkylation sites (tertiary alicyclic amines) is 1. The molecule has 8 nitrogen and oxygen atoms in total. The molecule has 0 radical (unpaired) electrons. The van der Waals surface area contributed by atoms with E-state index in [1.807, 2.05) is 20.8 Å². The Bertz CT molecular complexity index is 464. The summed E-state index contributed by atoms with van der Waals surface area (Å²) in [6.45, 7) is 12.4. The number of amides is 1. The molecule has 0 aromatic carbocycles. The summed E-state index contributed by atoms with van der Waals surface area (Å²) in [5, 5.41) is 6.07. The SMILES string of the molecule is CN=C(NCCNC(=O)OC(C)(C)C)N1CCC(N2CCOCC2)C1.I. The minimum Gasteiger partial charge on any atom is -0.444 e. The molecule has 0 saturated carbocycles. The van der Waals surface area contributed by atoms with Gasteiger partial charge in [-0.15, -0.1) is 24.0 Å². The smallest absolute Gasteiger partial charge is 0.407 e. The Hall–Kier alpha value is -0.810. The third-order valence-corrected chi connectivity index (χ3v) is 4.31. The van der Waals surface area contributed by atoms with Crippen LogP contribution < -0.4 is 10.6 Å². The average molecular weight is 483 g/mol. The van der Waals surface area contributed by atoms with E-state index in [0.29, 0.717) is 19.1 Å². The lowest BCUT2D eigenvalue weighted by Gasteiger charge is -2.32. The van der Waals surface area contributed by atoms with E-state index in [1.54, 1.807) is 7.05 Å². The molecule has 0 spiro atoms. The summed E-state index contributed by atoms with van der Waals surface area (Å²) in [7, 11) is 1.80. The van der Waals surface area contributed by atoms with E-state index in [-0.39, 0.29) is 24.0 Å². The molecule has 1 amide bonds. The van der Waals surface area contributed by atoms with E-state index in [9.17, 15) is 4.79 Å². The van der Waals surface area contributed by atoms with Crippen molar-refractivity contribution in [1.29, 1.82) is 0 Å². The number of hydrogen-bond acceptors (Lipinski definition) is 5. The van der Waals surface area contributed by atoms with Crippen LogP contribution >= 0.6 is 24.0 Å². The first-order chi connectivity index (χ1) is 11.9. The first kappa shape index (κ1) is 23.2. The predicted molar refractivity (Wildman–Crippen MR) is 113 cm³/mol. The van der Waals surface area contributed by atoms with Crippen molar-refractivity contribution in [2.45, 2.75) is 38.8 Å². The second kappa shape index (κ2) is 11.1. The maximum absolute atomic E-state index is 11.6. The van der Waals surface area contributed by atoms with Crippen molar-refractivity contribution in [3.8, 4) is 0 Å². The Morgan fingerprint density at radius 1 is 1.19 bits per heavy atom. The fourth-order valence-electron chi connectivity index (χ4n) is 3.16. The van der Waals surface area contributed by atoms with Gasteiger partial charge in [-0.1, -0.05) is 0 Å². The lowest BCUT2D eigenvalue weighted by molar-refractivity contribution is 0.0195. The summed E-state index contributed by atoms with van der Waals surface area (Å²) in [5.41, 5.74) is -0.475. The van der Waals surface area contributed by atoms with Gasteiger partial charge in [-0.25, -0.2) is 4.79 Å². The van der Waals surface area contributed by atoms with Gasteiger partial charge in [-0.3, -0.25) is 9.89 Å². The van der Waals surface area contributed by atoms with E-state index in [1.165, 1.54) is 0 Å². The highest BCUT2D eigenvalue weighted by atomic mass is 127. The molecule has 2 saturated heterocycles. The van der Waals surface area contributed by atoms with E-state index >= 15 is 0 Å². The Labute approximate surface area is 174 Å². The molecule has 1 unspecified atom stereocenters. The van der Waals surface area contributed by atoms with Crippen LogP contribution in [-0.4, -0.2) is 93.0 Å². The number of carbonyl (C=O) groups is 1. The molecule has 0 aromatic rings. The summed E-state index contributed by atoms with van der Waals surface area (Å²) >= 11 is 0. The van der Waals surface area contributed by atoms with Gasteiger partial charge in [0.15, 0.2) is 5.96 Å². The molecule has 2 heterocycles. The number of alkyl carbamates (subject to hydrolysis) is 1. The van der Waals surface area contributed by atoms with Gasteiger partial charge < -0.3 is 25.0 Å². The summed E-state index contributed by atoms with van der Waals surface area (Å²) in [4.78, 5) is 20.8. The van der Waals surface area contributed by atoms with E-state index in [4.69, 9.17) is 9.47 Å². The number of rotatable bonds is 4. The van der Waals surface area contributed by atoms with Crippen LogP contribution in [0.25, 0.3) is 0 Å². The first-order valence-electron chi connectivity index (χ1n) is 9.13. The fourth-order valence-corrected chi connectivity index (χ4v) is 3.16. The molecule has 2 N–H and O–H groups in total. The highest BCUT2D eigenvalue weighted by Crippen LogP contribution is 2.16. The van der Waals surface area contributed by atoms with Crippen molar-refractivity contribution in [2.75, 3.05) is 59.5 Å². The fraction of sp³-hybridized carbons (Fsp3) is 0.882. The highest BCUT2D eigenvalue weighted by Gasteiger charge is 2.30. The number of nitrogens with zero attached hydrogens (tertiary/aromatic N) is 3. The van der Waals surface area contributed by atoms with Gasteiger partial charge >= 0.3 is 6.09 Å². The Morgan fingerprint density at radius 3 is 2.46 bits per heavy atom. The van der Waals surface area contributed by atoms with E-state index in [2.05, 4.69) is 25.4 Å². The van der Waals surface area contributed by atoms with Crippen LogP contribution in [0.5, 0.6) is 0 Å². The maximum atomic E-state index is 11.6. The molecule has 2 aliphatic heterocycles. The minimum absolute atomic E-state index is 0. The number of carbonyl (C=O) groups excluding carboxylic acids is 1. The topological polar surface area (TPSA) is 78.4 Å². The summed E-state index contributed by atoms with van der Waals surface area (Å²) in [6.07, 6.45) is 0.759. The van der Waals surface area contributed by atoms with Crippen LogP contribution in [0.3, 0.4) is 0 Å². The van der Waals surface area contributed by atoms with Crippen molar-refractivity contribution in [2.24, 2.45) is 4.99 Å². The highest BCUT2D eigenvalue weighted by molar-refractivity contribution is 14.0. The molecule has 0 bridgehead atoms. The number of guanidine groups is 1. The lowest BCUT2D eigenvalue weighted by Crippen LogP contribution is -2.47. The molecule has 1 atom stereocenters. The van der Waals surface area contributed by atoms with Crippen molar-refractivity contribution in [1.82, 2.24) is 20.4 Å². The van der Waals surface area contributed by atoms with Crippen LogP contribution in [0.1, 0.15) is 27.2 Å². The Kier molecular flexibility index (Phi) is 9.94. The van der Waals surface area contributed by atoms with Crippen molar-refractivity contribution < 1.29 is 14.3 Å². The quantitative estimate of drug-likeness (QED) is 0.270. The number of ether oxygens (including phenoxy) is 2.